The van der Waals surface area contributed by atoms with Gasteiger partial charge in [-0.15, -0.1) is 0 Å². The molecule has 0 aliphatic carbocycles. The van der Waals surface area contributed by atoms with Gasteiger partial charge in [0.1, 0.15) is 0 Å². The van der Waals surface area contributed by atoms with Crippen molar-refractivity contribution in [3.63, 3.8) is 0 Å². The number of anilines is 1. The molecule has 166 valence electrons. The zero-order valence-corrected chi connectivity index (χ0v) is 17.8. The van der Waals surface area contributed by atoms with Crippen LogP contribution in [0.2, 0.25) is 0 Å². The van der Waals surface area contributed by atoms with Crippen LogP contribution in [-0.4, -0.2) is 34.2 Å². The molecule has 0 atom stereocenters. The summed E-state index contributed by atoms with van der Waals surface area (Å²) in [4.78, 5) is 44.5. The maximum absolute atomic E-state index is 12.6. The van der Waals surface area contributed by atoms with E-state index in [2.05, 4.69) is 25.9 Å². The number of fused-ring (bicyclic) bond motifs is 1. The van der Waals surface area contributed by atoms with Gasteiger partial charge in [0.25, 0.3) is 5.91 Å². The highest BCUT2D eigenvalue weighted by molar-refractivity contribution is 6.40. The number of nitrogens with zero attached hydrogens (tertiary/aromatic N) is 1. The van der Waals surface area contributed by atoms with E-state index in [0.717, 1.165) is 22.0 Å². The Labute approximate surface area is 190 Å². The first-order valence-corrected chi connectivity index (χ1v) is 10.5. The Hall–Kier alpha value is -4.46. The van der Waals surface area contributed by atoms with Crippen molar-refractivity contribution < 1.29 is 14.4 Å². The van der Waals surface area contributed by atoms with E-state index in [9.17, 15) is 14.4 Å². The summed E-state index contributed by atoms with van der Waals surface area (Å²) in [5.41, 5.74) is 3.46. The Morgan fingerprint density at radius 2 is 1.70 bits per heavy atom. The Kier molecular flexibility index (Phi) is 6.75. The highest BCUT2D eigenvalue weighted by Crippen LogP contribution is 2.18. The highest BCUT2D eigenvalue weighted by Gasteiger charge is 2.17. The molecule has 0 spiro atoms. The lowest BCUT2D eigenvalue weighted by atomic mass is 10.1. The van der Waals surface area contributed by atoms with Crippen molar-refractivity contribution in [1.82, 2.24) is 20.6 Å². The summed E-state index contributed by atoms with van der Waals surface area (Å²) in [5.74, 6) is -1.96. The fourth-order valence-electron chi connectivity index (χ4n) is 3.48. The van der Waals surface area contributed by atoms with Gasteiger partial charge in [0.15, 0.2) is 0 Å². The van der Waals surface area contributed by atoms with E-state index in [1.807, 2.05) is 36.5 Å². The Morgan fingerprint density at radius 3 is 2.55 bits per heavy atom. The molecule has 0 aliphatic rings. The van der Waals surface area contributed by atoms with Gasteiger partial charge in [-0.1, -0.05) is 36.4 Å². The summed E-state index contributed by atoms with van der Waals surface area (Å²) in [7, 11) is 0. The zero-order chi connectivity index (χ0) is 23.0. The summed E-state index contributed by atoms with van der Waals surface area (Å²) in [5, 5.41) is 9.04. The van der Waals surface area contributed by atoms with E-state index in [1.54, 1.807) is 42.7 Å². The van der Waals surface area contributed by atoms with Crippen molar-refractivity contribution in [2.45, 2.75) is 13.0 Å². The molecule has 0 fully saturated rings. The maximum atomic E-state index is 12.6. The van der Waals surface area contributed by atoms with Crippen LogP contribution in [0.5, 0.6) is 0 Å². The maximum Gasteiger partial charge on any atom is 0.313 e. The van der Waals surface area contributed by atoms with Crippen LogP contribution in [-0.2, 0) is 22.6 Å². The van der Waals surface area contributed by atoms with Crippen molar-refractivity contribution in [3.8, 4) is 0 Å². The van der Waals surface area contributed by atoms with E-state index in [1.165, 1.54) is 0 Å². The third-order valence-corrected chi connectivity index (χ3v) is 5.16. The molecule has 0 radical (unpaired) electrons. The fraction of sp³-hybridized carbons (Fsp3) is 0.120. The van der Waals surface area contributed by atoms with Gasteiger partial charge < -0.3 is 20.9 Å². The number of H-pyrrole nitrogens is 1. The number of carbonyl (C=O) groups excluding carboxylic acids is 3. The molecule has 0 saturated carbocycles. The van der Waals surface area contributed by atoms with E-state index in [-0.39, 0.29) is 17.2 Å². The van der Waals surface area contributed by atoms with Crippen LogP contribution in [0.4, 0.5) is 5.69 Å². The minimum atomic E-state index is -0.832. The number of aromatic nitrogens is 2. The van der Waals surface area contributed by atoms with Gasteiger partial charge in [0, 0.05) is 42.6 Å². The molecule has 2 aromatic carbocycles. The lowest BCUT2D eigenvalue weighted by molar-refractivity contribution is -0.136. The Morgan fingerprint density at radius 1 is 0.879 bits per heavy atom. The summed E-state index contributed by atoms with van der Waals surface area (Å²) in [6.45, 7) is 0.602. The smallest absolute Gasteiger partial charge is 0.313 e. The van der Waals surface area contributed by atoms with Crippen molar-refractivity contribution in [2.24, 2.45) is 0 Å². The predicted octanol–water partition coefficient (Wildman–Crippen LogP) is 2.79. The minimum Gasteiger partial charge on any atom is -0.361 e. The molecule has 8 heteroatoms. The van der Waals surface area contributed by atoms with Crippen molar-refractivity contribution >= 4 is 34.3 Å². The third kappa shape index (κ3) is 5.43. The van der Waals surface area contributed by atoms with Gasteiger partial charge in [-0.2, -0.15) is 0 Å². The fourth-order valence-corrected chi connectivity index (χ4v) is 3.48. The predicted molar refractivity (Wildman–Crippen MR) is 125 cm³/mol. The molecule has 4 rings (SSSR count). The van der Waals surface area contributed by atoms with Crippen LogP contribution in [0, 0.1) is 0 Å². The third-order valence-electron chi connectivity index (χ3n) is 5.16. The lowest BCUT2D eigenvalue weighted by Gasteiger charge is -2.11. The standard InChI is InChI=1S/C25H23N5O3/c31-23(29-15-17-6-5-12-26-14-17)20-8-2-4-10-22(20)30-25(33)24(32)27-13-11-18-16-28-21-9-3-1-7-19(18)21/h1-10,12,14,16,28H,11,13,15H2,(H,27,32)(H,29,31)(H,30,33). The second-order valence-corrected chi connectivity index (χ2v) is 7.41. The van der Waals surface area contributed by atoms with E-state index in [0.29, 0.717) is 19.5 Å². The Bertz CT molecular complexity index is 1280. The van der Waals surface area contributed by atoms with Crippen LogP contribution < -0.4 is 16.0 Å². The molecule has 0 aliphatic heterocycles. The van der Waals surface area contributed by atoms with Gasteiger partial charge in [-0.05, 0) is 41.8 Å². The summed E-state index contributed by atoms with van der Waals surface area (Å²) >= 11 is 0. The first-order chi connectivity index (χ1) is 16.1. The Balaban J connectivity index is 1.32. The summed E-state index contributed by atoms with van der Waals surface area (Å²) in [6.07, 6.45) is 5.80. The average molecular weight is 441 g/mol. The van der Waals surface area contributed by atoms with Gasteiger partial charge in [0.05, 0.1) is 11.3 Å². The van der Waals surface area contributed by atoms with Crippen LogP contribution in [0.1, 0.15) is 21.5 Å². The van der Waals surface area contributed by atoms with Crippen LogP contribution in [0.25, 0.3) is 10.9 Å². The number of hydrogen-bond acceptors (Lipinski definition) is 4. The number of hydrogen-bond donors (Lipinski definition) is 4. The number of amides is 3. The molecular weight excluding hydrogens is 418 g/mol. The quantitative estimate of drug-likeness (QED) is 0.330. The molecule has 3 amide bonds. The van der Waals surface area contributed by atoms with Crippen molar-refractivity contribution in [3.05, 3.63) is 95.9 Å². The van der Waals surface area contributed by atoms with Crippen LogP contribution >= 0.6 is 0 Å². The molecule has 8 nitrogen and oxygen atoms in total. The summed E-state index contributed by atoms with van der Waals surface area (Å²) < 4.78 is 0. The second-order valence-electron chi connectivity index (χ2n) is 7.41. The topological polar surface area (TPSA) is 116 Å². The van der Waals surface area contributed by atoms with Crippen LogP contribution in [0.15, 0.2) is 79.3 Å². The molecule has 33 heavy (non-hydrogen) atoms. The number of para-hydroxylation sites is 2. The minimum absolute atomic E-state index is 0.262. The second kappa shape index (κ2) is 10.2. The molecule has 4 N–H and O–H groups in total. The van der Waals surface area contributed by atoms with E-state index >= 15 is 0 Å². The molecule has 0 bridgehead atoms. The normalized spacial score (nSPS) is 10.5. The number of pyridine rings is 1. The van der Waals surface area contributed by atoms with E-state index < -0.39 is 11.8 Å². The van der Waals surface area contributed by atoms with Gasteiger partial charge in [-0.25, -0.2) is 0 Å². The zero-order valence-electron chi connectivity index (χ0n) is 17.8. The number of nitrogens with one attached hydrogen (secondary N) is 4. The van der Waals surface area contributed by atoms with Crippen molar-refractivity contribution in [2.75, 3.05) is 11.9 Å². The number of rotatable bonds is 7. The number of aromatic amines is 1. The molecule has 0 unspecified atom stereocenters. The SMILES string of the molecule is O=C(NCCc1c[nH]c2ccccc12)C(=O)Nc1ccccc1C(=O)NCc1cccnc1. The van der Waals surface area contributed by atoms with Gasteiger partial charge >= 0.3 is 11.8 Å². The van der Waals surface area contributed by atoms with Crippen LogP contribution in [0.3, 0.4) is 0 Å². The molecule has 0 saturated heterocycles. The molecule has 2 aromatic heterocycles. The largest absolute Gasteiger partial charge is 0.361 e. The summed E-state index contributed by atoms with van der Waals surface area (Å²) in [6, 6.07) is 18.1. The molecule has 2 heterocycles. The number of benzene rings is 2. The lowest BCUT2D eigenvalue weighted by Crippen LogP contribution is -2.37. The number of carbonyl (C=O) groups is 3. The van der Waals surface area contributed by atoms with Gasteiger partial charge in [0.2, 0.25) is 0 Å². The van der Waals surface area contributed by atoms with E-state index in [4.69, 9.17) is 0 Å². The average Bonchev–Trinajstić information content (AvgIpc) is 3.26. The molecule has 4 aromatic rings. The first-order valence-electron chi connectivity index (χ1n) is 10.5. The van der Waals surface area contributed by atoms with Crippen molar-refractivity contribution in [1.29, 1.82) is 0 Å². The monoisotopic (exact) mass is 441 g/mol. The first kappa shape index (κ1) is 21.8. The van der Waals surface area contributed by atoms with Gasteiger partial charge in [-0.3, -0.25) is 19.4 Å². The highest BCUT2D eigenvalue weighted by atomic mass is 16.2. The molecular formula is C25H23N5O3.